The van der Waals surface area contributed by atoms with E-state index in [0.717, 1.165) is 32.0 Å². The maximum atomic E-state index is 11.5. The molecule has 126 valence electrons. The third kappa shape index (κ3) is 8.05. The molecule has 0 bridgehead atoms. The van der Waals surface area contributed by atoms with E-state index in [4.69, 9.17) is 5.11 Å². The average molecular weight is 312 g/mol. The summed E-state index contributed by atoms with van der Waals surface area (Å²) >= 11 is 0. The topological polar surface area (TPSA) is 86.7 Å². The standard InChI is InChI=1S/C13H19NO3.C3H9NO/c1-3-13(17)14(10(2)16)8-11-4-6-12(9-15)7-5-11;1-4-2-3-5/h3,9,11-12H,1,4-8H2,2H3;4-5H,2-3H2,1H3. The van der Waals surface area contributed by atoms with E-state index in [1.165, 1.54) is 17.9 Å². The van der Waals surface area contributed by atoms with Crippen LogP contribution in [0.5, 0.6) is 0 Å². The molecule has 2 amide bonds. The fourth-order valence-electron chi connectivity index (χ4n) is 2.36. The summed E-state index contributed by atoms with van der Waals surface area (Å²) in [6.07, 6.45) is 5.70. The molecule has 1 aliphatic rings. The van der Waals surface area contributed by atoms with E-state index < -0.39 is 0 Å². The van der Waals surface area contributed by atoms with Gasteiger partial charge in [0.25, 0.3) is 5.91 Å². The fraction of sp³-hybridized carbons (Fsp3) is 0.688. The number of nitrogens with zero attached hydrogens (tertiary/aromatic N) is 1. The van der Waals surface area contributed by atoms with Crippen LogP contribution >= 0.6 is 0 Å². The van der Waals surface area contributed by atoms with E-state index in [1.807, 2.05) is 0 Å². The Labute approximate surface area is 132 Å². The molecule has 0 aliphatic heterocycles. The molecule has 1 aliphatic carbocycles. The van der Waals surface area contributed by atoms with E-state index in [-0.39, 0.29) is 24.3 Å². The molecule has 0 saturated heterocycles. The summed E-state index contributed by atoms with van der Waals surface area (Å²) in [5.41, 5.74) is 0. The molecule has 6 nitrogen and oxygen atoms in total. The normalized spacial score (nSPS) is 20.3. The first-order valence-corrected chi connectivity index (χ1v) is 7.65. The quantitative estimate of drug-likeness (QED) is 0.558. The zero-order chi connectivity index (χ0) is 17.0. The SMILES string of the molecule is C=CC(=O)N(CC1CCC(C=O)CC1)C(C)=O.CNCCO. The molecule has 0 unspecified atom stereocenters. The number of hydrogen-bond donors (Lipinski definition) is 2. The van der Waals surface area contributed by atoms with Crippen molar-refractivity contribution in [2.75, 3.05) is 26.7 Å². The minimum Gasteiger partial charge on any atom is -0.395 e. The summed E-state index contributed by atoms with van der Waals surface area (Å²) in [4.78, 5) is 34.7. The number of nitrogens with one attached hydrogen (secondary N) is 1. The minimum absolute atomic E-state index is 0.159. The van der Waals surface area contributed by atoms with Crippen molar-refractivity contribution in [1.29, 1.82) is 0 Å². The van der Waals surface area contributed by atoms with Gasteiger partial charge >= 0.3 is 0 Å². The van der Waals surface area contributed by atoms with Gasteiger partial charge in [-0.2, -0.15) is 0 Å². The van der Waals surface area contributed by atoms with Crippen LogP contribution in [0.2, 0.25) is 0 Å². The van der Waals surface area contributed by atoms with Gasteiger partial charge in [0.1, 0.15) is 6.29 Å². The number of carbonyl (C=O) groups is 3. The first-order chi connectivity index (χ1) is 10.5. The highest BCUT2D eigenvalue weighted by Gasteiger charge is 2.25. The molecular weight excluding hydrogens is 284 g/mol. The third-order valence-electron chi connectivity index (χ3n) is 3.71. The summed E-state index contributed by atoms with van der Waals surface area (Å²) in [5.74, 6) is -0.103. The number of likely N-dealkylation sites (N-methyl/N-ethyl adjacent to an activating group) is 1. The molecule has 0 aromatic carbocycles. The molecule has 0 aromatic rings. The number of carbonyl (C=O) groups excluding carboxylic acids is 3. The first kappa shape index (κ1) is 20.5. The Morgan fingerprint density at radius 2 is 1.91 bits per heavy atom. The highest BCUT2D eigenvalue weighted by Crippen LogP contribution is 2.28. The lowest BCUT2D eigenvalue weighted by Gasteiger charge is -2.29. The van der Waals surface area contributed by atoms with Crippen molar-refractivity contribution in [2.24, 2.45) is 11.8 Å². The monoisotopic (exact) mass is 312 g/mol. The number of amides is 2. The van der Waals surface area contributed by atoms with Crippen molar-refractivity contribution in [2.45, 2.75) is 32.6 Å². The van der Waals surface area contributed by atoms with Crippen molar-refractivity contribution >= 4 is 18.1 Å². The van der Waals surface area contributed by atoms with E-state index in [2.05, 4.69) is 11.9 Å². The molecule has 2 N–H and O–H groups in total. The molecule has 22 heavy (non-hydrogen) atoms. The second-order valence-electron chi connectivity index (χ2n) is 5.42. The first-order valence-electron chi connectivity index (χ1n) is 7.65. The highest BCUT2D eigenvalue weighted by molar-refractivity contribution is 5.99. The predicted octanol–water partition coefficient (Wildman–Crippen LogP) is 0.751. The number of rotatable bonds is 6. The minimum atomic E-state index is -0.338. The van der Waals surface area contributed by atoms with Crippen LogP contribution in [0.3, 0.4) is 0 Å². The van der Waals surface area contributed by atoms with Gasteiger partial charge in [0.2, 0.25) is 5.91 Å². The molecule has 0 radical (unpaired) electrons. The van der Waals surface area contributed by atoms with Gasteiger partial charge < -0.3 is 15.2 Å². The van der Waals surface area contributed by atoms with Crippen molar-refractivity contribution in [1.82, 2.24) is 10.2 Å². The van der Waals surface area contributed by atoms with E-state index in [1.54, 1.807) is 7.05 Å². The Morgan fingerprint density at radius 3 is 2.23 bits per heavy atom. The summed E-state index contributed by atoms with van der Waals surface area (Å²) in [6, 6.07) is 0. The van der Waals surface area contributed by atoms with E-state index >= 15 is 0 Å². The van der Waals surface area contributed by atoms with Crippen LogP contribution in [-0.4, -0.2) is 54.9 Å². The van der Waals surface area contributed by atoms with Crippen molar-refractivity contribution in [3.8, 4) is 0 Å². The predicted molar refractivity (Wildman–Crippen MR) is 85.1 cm³/mol. The average Bonchev–Trinajstić information content (AvgIpc) is 2.53. The molecule has 0 spiro atoms. The Balaban J connectivity index is 0.000000763. The third-order valence-corrected chi connectivity index (χ3v) is 3.71. The second kappa shape index (κ2) is 12.1. The molecular formula is C16H28N2O4. The lowest BCUT2D eigenvalue weighted by molar-refractivity contribution is -0.141. The lowest BCUT2D eigenvalue weighted by atomic mass is 9.82. The van der Waals surface area contributed by atoms with Gasteiger partial charge in [-0.1, -0.05) is 6.58 Å². The molecule has 6 heteroatoms. The van der Waals surface area contributed by atoms with Crippen LogP contribution in [-0.2, 0) is 14.4 Å². The zero-order valence-corrected chi connectivity index (χ0v) is 13.6. The molecule has 1 saturated carbocycles. The van der Waals surface area contributed by atoms with Gasteiger partial charge in [-0.25, -0.2) is 0 Å². The van der Waals surface area contributed by atoms with Crippen LogP contribution in [0, 0.1) is 11.8 Å². The summed E-state index contributed by atoms with van der Waals surface area (Å²) in [6.45, 7) is 6.16. The van der Waals surface area contributed by atoms with Crippen molar-refractivity contribution < 1.29 is 19.5 Å². The molecule has 1 rings (SSSR count). The van der Waals surface area contributed by atoms with Gasteiger partial charge in [-0.05, 0) is 44.7 Å². The number of aliphatic hydroxyl groups is 1. The van der Waals surface area contributed by atoms with Crippen LogP contribution in [0.1, 0.15) is 32.6 Å². The van der Waals surface area contributed by atoms with Gasteiger partial charge in [-0.3, -0.25) is 14.5 Å². The Kier molecular flexibility index (Phi) is 11.2. The Morgan fingerprint density at radius 1 is 1.32 bits per heavy atom. The van der Waals surface area contributed by atoms with Crippen molar-refractivity contribution in [3.05, 3.63) is 12.7 Å². The number of aliphatic hydroxyl groups excluding tert-OH is 1. The van der Waals surface area contributed by atoms with Crippen LogP contribution < -0.4 is 5.32 Å². The van der Waals surface area contributed by atoms with Crippen LogP contribution in [0.4, 0.5) is 0 Å². The van der Waals surface area contributed by atoms with Crippen LogP contribution in [0.15, 0.2) is 12.7 Å². The van der Waals surface area contributed by atoms with Crippen LogP contribution in [0.25, 0.3) is 0 Å². The smallest absolute Gasteiger partial charge is 0.252 e. The fourth-order valence-corrected chi connectivity index (χ4v) is 2.36. The molecule has 0 heterocycles. The van der Waals surface area contributed by atoms with E-state index in [9.17, 15) is 14.4 Å². The number of aldehydes is 1. The lowest BCUT2D eigenvalue weighted by Crippen LogP contribution is -2.38. The Hall–Kier alpha value is -1.53. The maximum absolute atomic E-state index is 11.5. The van der Waals surface area contributed by atoms with Crippen molar-refractivity contribution in [3.63, 3.8) is 0 Å². The van der Waals surface area contributed by atoms with Gasteiger partial charge in [0.05, 0.1) is 6.61 Å². The summed E-state index contributed by atoms with van der Waals surface area (Å²) in [5, 5.41) is 10.8. The number of imide groups is 1. The highest BCUT2D eigenvalue weighted by atomic mass is 16.3. The summed E-state index contributed by atoms with van der Waals surface area (Å²) in [7, 11) is 1.80. The van der Waals surface area contributed by atoms with Gasteiger partial charge in [0, 0.05) is 25.9 Å². The second-order valence-corrected chi connectivity index (χ2v) is 5.42. The Bertz CT molecular complexity index is 361. The molecule has 1 fully saturated rings. The van der Waals surface area contributed by atoms with Gasteiger partial charge in [0.15, 0.2) is 0 Å². The summed E-state index contributed by atoms with van der Waals surface area (Å²) < 4.78 is 0. The largest absolute Gasteiger partial charge is 0.395 e. The van der Waals surface area contributed by atoms with Gasteiger partial charge in [-0.15, -0.1) is 0 Å². The number of hydrogen-bond acceptors (Lipinski definition) is 5. The zero-order valence-electron chi connectivity index (χ0n) is 13.6. The molecule has 0 atom stereocenters. The maximum Gasteiger partial charge on any atom is 0.252 e. The molecule has 0 aromatic heterocycles. The van der Waals surface area contributed by atoms with E-state index in [0.29, 0.717) is 19.0 Å².